The molecule has 4 nitrogen and oxygen atoms in total. The van der Waals surface area contributed by atoms with E-state index >= 15 is 0 Å². The number of carbonyl (C=O) groups excluding carboxylic acids is 1. The first-order chi connectivity index (χ1) is 12.3. The van der Waals surface area contributed by atoms with Gasteiger partial charge in [-0.2, -0.15) is 0 Å². The van der Waals surface area contributed by atoms with Crippen molar-refractivity contribution in [2.45, 2.75) is 43.5 Å². The smallest absolute Gasteiger partial charge is 0.254 e. The van der Waals surface area contributed by atoms with Crippen LogP contribution in [-0.2, 0) is 16.3 Å². The number of carbonyl (C=O) groups is 1. The monoisotopic (exact) mass is 371 g/mol. The lowest BCUT2D eigenvalue weighted by molar-refractivity contribution is 0.0613. The van der Waals surface area contributed by atoms with Crippen LogP contribution in [0.3, 0.4) is 0 Å². The zero-order valence-corrected chi connectivity index (χ0v) is 16.1. The van der Waals surface area contributed by atoms with Gasteiger partial charge in [-0.25, -0.2) is 8.42 Å². The lowest BCUT2D eigenvalue weighted by Gasteiger charge is -2.36. The average molecular weight is 372 g/mol. The van der Waals surface area contributed by atoms with Crippen molar-refractivity contribution >= 4 is 15.7 Å². The van der Waals surface area contributed by atoms with E-state index in [1.807, 2.05) is 42.2 Å². The number of piperidine rings is 1. The van der Waals surface area contributed by atoms with Gasteiger partial charge < -0.3 is 4.90 Å². The maximum absolute atomic E-state index is 13.0. The van der Waals surface area contributed by atoms with Gasteiger partial charge in [-0.3, -0.25) is 4.79 Å². The zero-order valence-electron chi connectivity index (χ0n) is 15.3. The molecule has 1 unspecified atom stereocenters. The molecule has 0 radical (unpaired) electrons. The summed E-state index contributed by atoms with van der Waals surface area (Å²) in [6, 6.07) is 14.9. The summed E-state index contributed by atoms with van der Waals surface area (Å²) >= 11 is 0. The summed E-state index contributed by atoms with van der Waals surface area (Å²) in [6.45, 7) is 2.74. The Morgan fingerprint density at radius 3 is 2.62 bits per heavy atom. The Morgan fingerprint density at radius 1 is 1.12 bits per heavy atom. The Bertz CT molecular complexity index is 905. The van der Waals surface area contributed by atoms with Gasteiger partial charge in [0.1, 0.15) is 0 Å². The number of nitrogens with zero attached hydrogens (tertiary/aromatic N) is 1. The highest BCUT2D eigenvalue weighted by atomic mass is 32.2. The fourth-order valence-corrected chi connectivity index (χ4v) is 4.29. The molecule has 5 heteroatoms. The molecule has 0 aromatic heterocycles. The normalized spacial score (nSPS) is 17.9. The van der Waals surface area contributed by atoms with Gasteiger partial charge in [-0.05, 0) is 62.4 Å². The highest BCUT2D eigenvalue weighted by Gasteiger charge is 2.27. The van der Waals surface area contributed by atoms with Crippen LogP contribution >= 0.6 is 0 Å². The van der Waals surface area contributed by atoms with Crippen molar-refractivity contribution < 1.29 is 13.2 Å². The largest absolute Gasteiger partial charge is 0.335 e. The molecule has 1 atom stereocenters. The van der Waals surface area contributed by atoms with E-state index in [1.165, 1.54) is 6.26 Å². The van der Waals surface area contributed by atoms with E-state index in [-0.39, 0.29) is 11.9 Å². The minimum absolute atomic E-state index is 0.0673. The van der Waals surface area contributed by atoms with Crippen LogP contribution in [0.2, 0.25) is 0 Å². The van der Waals surface area contributed by atoms with Crippen molar-refractivity contribution in [3.63, 3.8) is 0 Å². The molecule has 1 heterocycles. The summed E-state index contributed by atoms with van der Waals surface area (Å²) in [6.07, 6.45) is 4.95. The van der Waals surface area contributed by atoms with Gasteiger partial charge in [0, 0.05) is 24.4 Å². The molecule has 2 aromatic carbocycles. The van der Waals surface area contributed by atoms with E-state index < -0.39 is 9.84 Å². The molecule has 0 N–H and O–H groups in total. The third-order valence-corrected chi connectivity index (χ3v) is 6.06. The number of sulfone groups is 1. The SMILES string of the molecule is Cc1cccc(C(=O)N2CCCCC2Cc2cccc(S(C)(=O)=O)c2)c1. The van der Waals surface area contributed by atoms with Crippen molar-refractivity contribution in [3.8, 4) is 0 Å². The molecular weight excluding hydrogens is 346 g/mol. The van der Waals surface area contributed by atoms with E-state index in [0.717, 1.165) is 42.5 Å². The summed E-state index contributed by atoms with van der Waals surface area (Å²) in [5.74, 6) is 0.0673. The van der Waals surface area contributed by atoms with Crippen molar-refractivity contribution in [1.29, 1.82) is 0 Å². The average Bonchev–Trinajstić information content (AvgIpc) is 2.61. The van der Waals surface area contributed by atoms with Crippen LogP contribution in [0.4, 0.5) is 0 Å². The van der Waals surface area contributed by atoms with E-state index in [4.69, 9.17) is 0 Å². The number of hydrogen-bond acceptors (Lipinski definition) is 3. The number of hydrogen-bond donors (Lipinski definition) is 0. The quantitative estimate of drug-likeness (QED) is 0.825. The van der Waals surface area contributed by atoms with Crippen LogP contribution < -0.4 is 0 Å². The maximum Gasteiger partial charge on any atom is 0.254 e. The maximum atomic E-state index is 13.0. The first-order valence-electron chi connectivity index (χ1n) is 9.01. The van der Waals surface area contributed by atoms with Gasteiger partial charge in [0.15, 0.2) is 9.84 Å². The molecule has 0 spiro atoms. The molecule has 3 rings (SSSR count). The van der Waals surface area contributed by atoms with E-state index in [0.29, 0.717) is 11.3 Å². The van der Waals surface area contributed by atoms with Crippen LogP contribution in [0.15, 0.2) is 53.4 Å². The van der Waals surface area contributed by atoms with E-state index in [2.05, 4.69) is 0 Å². The molecule has 0 saturated carbocycles. The Kier molecular flexibility index (Phi) is 5.47. The Balaban J connectivity index is 1.83. The van der Waals surface area contributed by atoms with Gasteiger partial charge in [0.05, 0.1) is 4.90 Å². The second-order valence-corrected chi connectivity index (χ2v) is 9.16. The zero-order chi connectivity index (χ0) is 18.7. The Morgan fingerprint density at radius 2 is 1.88 bits per heavy atom. The summed E-state index contributed by atoms with van der Waals surface area (Å²) < 4.78 is 23.6. The second kappa shape index (κ2) is 7.62. The highest BCUT2D eigenvalue weighted by Crippen LogP contribution is 2.24. The molecule has 138 valence electrons. The van der Waals surface area contributed by atoms with Crippen LogP contribution in [0, 0.1) is 6.92 Å². The lowest BCUT2D eigenvalue weighted by Crippen LogP contribution is -2.44. The fourth-order valence-electron chi connectivity index (χ4n) is 3.60. The predicted octanol–water partition coefficient (Wildman–Crippen LogP) is 3.64. The first-order valence-corrected chi connectivity index (χ1v) is 10.9. The topological polar surface area (TPSA) is 54.5 Å². The second-order valence-electron chi connectivity index (χ2n) is 7.14. The summed E-state index contributed by atoms with van der Waals surface area (Å²) in [4.78, 5) is 15.3. The van der Waals surface area contributed by atoms with Crippen LogP contribution in [0.1, 0.15) is 40.7 Å². The first kappa shape index (κ1) is 18.6. The molecule has 1 fully saturated rings. The molecule has 2 aromatic rings. The lowest BCUT2D eigenvalue weighted by atomic mass is 9.94. The van der Waals surface area contributed by atoms with E-state index in [9.17, 15) is 13.2 Å². The van der Waals surface area contributed by atoms with Gasteiger partial charge in [-0.15, -0.1) is 0 Å². The minimum Gasteiger partial charge on any atom is -0.335 e. The molecule has 26 heavy (non-hydrogen) atoms. The van der Waals surface area contributed by atoms with Gasteiger partial charge in [0.25, 0.3) is 5.91 Å². The molecule has 1 aliphatic heterocycles. The molecule has 1 aliphatic rings. The van der Waals surface area contributed by atoms with Crippen LogP contribution in [0.5, 0.6) is 0 Å². The number of benzene rings is 2. The predicted molar refractivity (Wildman–Crippen MR) is 103 cm³/mol. The standard InChI is InChI=1S/C21H25NO3S/c1-16-7-5-9-18(13-16)21(23)22-12-4-3-10-19(22)14-17-8-6-11-20(15-17)26(2,24)25/h5-9,11,13,15,19H,3-4,10,12,14H2,1-2H3. The van der Waals surface area contributed by atoms with Crippen molar-refractivity contribution in [3.05, 3.63) is 65.2 Å². The third kappa shape index (κ3) is 4.33. The van der Waals surface area contributed by atoms with E-state index in [1.54, 1.807) is 18.2 Å². The minimum atomic E-state index is -3.22. The number of rotatable bonds is 4. The van der Waals surface area contributed by atoms with Gasteiger partial charge in [-0.1, -0.05) is 29.8 Å². The van der Waals surface area contributed by atoms with Crippen LogP contribution in [-0.4, -0.2) is 38.1 Å². The molecule has 1 saturated heterocycles. The molecule has 0 aliphatic carbocycles. The Hall–Kier alpha value is -2.14. The molecule has 1 amide bonds. The number of amides is 1. The fraction of sp³-hybridized carbons (Fsp3) is 0.381. The van der Waals surface area contributed by atoms with Crippen LogP contribution in [0.25, 0.3) is 0 Å². The summed E-state index contributed by atoms with van der Waals surface area (Å²) in [5.41, 5.74) is 2.76. The summed E-state index contributed by atoms with van der Waals surface area (Å²) in [5, 5.41) is 0. The summed E-state index contributed by atoms with van der Waals surface area (Å²) in [7, 11) is -3.22. The van der Waals surface area contributed by atoms with Gasteiger partial charge >= 0.3 is 0 Å². The number of aryl methyl sites for hydroxylation is 1. The van der Waals surface area contributed by atoms with Crippen molar-refractivity contribution in [2.24, 2.45) is 0 Å². The van der Waals surface area contributed by atoms with Crippen molar-refractivity contribution in [1.82, 2.24) is 4.90 Å². The molecule has 0 bridgehead atoms. The Labute approximate surface area is 155 Å². The van der Waals surface area contributed by atoms with Crippen molar-refractivity contribution in [2.75, 3.05) is 12.8 Å². The number of likely N-dealkylation sites (tertiary alicyclic amines) is 1. The third-order valence-electron chi connectivity index (χ3n) is 4.95. The van der Waals surface area contributed by atoms with Gasteiger partial charge in [0.2, 0.25) is 0 Å². The molecular formula is C21H25NO3S. The highest BCUT2D eigenvalue weighted by molar-refractivity contribution is 7.90.